The van der Waals surface area contributed by atoms with Crippen molar-refractivity contribution in [3.05, 3.63) is 35.8 Å². The summed E-state index contributed by atoms with van der Waals surface area (Å²) in [5.41, 5.74) is 2.15. The normalized spacial score (nSPS) is 11.2. The fourth-order valence-corrected chi connectivity index (χ4v) is 7.16. The molecule has 0 atom stereocenters. The lowest BCUT2D eigenvalue weighted by Gasteiger charge is -2.17. The molecule has 0 aliphatic rings. The van der Waals surface area contributed by atoms with Gasteiger partial charge in [-0.3, -0.25) is 9.59 Å². The van der Waals surface area contributed by atoms with Crippen molar-refractivity contribution >= 4 is 57.0 Å². The van der Waals surface area contributed by atoms with E-state index in [1.807, 2.05) is 0 Å². The molecule has 0 N–H and O–H groups in total. The first-order chi connectivity index (χ1) is 18.9. The van der Waals surface area contributed by atoms with Gasteiger partial charge in [0.15, 0.2) is 34.2 Å². The Labute approximate surface area is 235 Å². The molecule has 2 heterocycles. The summed E-state index contributed by atoms with van der Waals surface area (Å²) >= 11 is 3.12. The van der Waals surface area contributed by atoms with Gasteiger partial charge in [0, 0.05) is 0 Å². The molecule has 0 amide bonds. The van der Waals surface area contributed by atoms with Crippen molar-refractivity contribution in [3.63, 3.8) is 0 Å². The number of benzene rings is 2. The van der Waals surface area contributed by atoms with Gasteiger partial charge in [0.1, 0.15) is 11.5 Å². The Morgan fingerprint density at radius 3 is 1.36 bits per heavy atom. The first-order valence-corrected chi connectivity index (χ1v) is 14.4. The number of thioether (sulfide) groups is 2. The van der Waals surface area contributed by atoms with E-state index in [1.165, 1.54) is 13.8 Å². The molecule has 0 bridgehead atoms. The van der Waals surface area contributed by atoms with Crippen LogP contribution in [-0.2, 0) is 0 Å². The van der Waals surface area contributed by atoms with E-state index in [4.69, 9.17) is 27.8 Å². The summed E-state index contributed by atoms with van der Waals surface area (Å²) in [5.74, 6) is 3.49. The lowest BCUT2D eigenvalue weighted by molar-refractivity contribution is 0.0998. The van der Waals surface area contributed by atoms with Crippen molar-refractivity contribution in [1.82, 2.24) is 0 Å². The van der Waals surface area contributed by atoms with Gasteiger partial charge in [-0.15, -0.1) is 23.5 Å². The molecule has 0 fully saturated rings. The summed E-state index contributed by atoms with van der Waals surface area (Å²) in [7, 11) is 6.26. The van der Waals surface area contributed by atoms with Crippen LogP contribution in [0.15, 0.2) is 43.3 Å². The number of hydrogen-bond acceptors (Lipinski definition) is 10. The van der Waals surface area contributed by atoms with Crippen molar-refractivity contribution in [2.75, 3.05) is 39.9 Å². The number of fused-ring (bicyclic) bond motifs is 2. The SMILES string of the molecule is COc1c(C(C)=O)c(SCCCCCSc2c(C(C)=O)c(OC)c3ccoc3c2OC)c(OC)c2occc12. The molecular weight excluding hydrogens is 540 g/mol. The van der Waals surface area contributed by atoms with E-state index in [9.17, 15) is 9.59 Å². The Bertz CT molecular complexity index is 1390. The molecule has 2 aromatic carbocycles. The van der Waals surface area contributed by atoms with Gasteiger partial charge in [0.25, 0.3) is 0 Å². The minimum absolute atomic E-state index is 0.0914. The number of hydrogen-bond donors (Lipinski definition) is 0. The highest BCUT2D eigenvalue weighted by molar-refractivity contribution is 7.99. The van der Waals surface area contributed by atoms with Crippen LogP contribution in [0.1, 0.15) is 53.8 Å². The molecule has 10 heteroatoms. The largest absolute Gasteiger partial charge is 0.495 e. The van der Waals surface area contributed by atoms with E-state index in [0.717, 1.165) is 40.6 Å². The number of unbranched alkanes of at least 4 members (excludes halogenated alkanes) is 2. The van der Waals surface area contributed by atoms with Gasteiger partial charge in [-0.1, -0.05) is 6.42 Å². The fourth-order valence-electron chi connectivity index (χ4n) is 4.68. The van der Waals surface area contributed by atoms with Gasteiger partial charge in [-0.25, -0.2) is 0 Å². The molecule has 0 aliphatic carbocycles. The third kappa shape index (κ3) is 5.45. The maximum absolute atomic E-state index is 12.6. The zero-order valence-corrected chi connectivity index (χ0v) is 24.6. The van der Waals surface area contributed by atoms with Crippen LogP contribution in [0.3, 0.4) is 0 Å². The second kappa shape index (κ2) is 12.7. The third-order valence-corrected chi connectivity index (χ3v) is 8.70. The van der Waals surface area contributed by atoms with Crippen molar-refractivity contribution in [2.45, 2.75) is 42.9 Å². The number of Topliss-reactive ketones (excluding diaryl/α,β-unsaturated/α-hetero) is 2. The van der Waals surface area contributed by atoms with E-state index in [-0.39, 0.29) is 11.6 Å². The highest BCUT2D eigenvalue weighted by Crippen LogP contribution is 2.48. The fraction of sp³-hybridized carbons (Fsp3) is 0.379. The van der Waals surface area contributed by atoms with E-state index >= 15 is 0 Å². The van der Waals surface area contributed by atoms with Crippen LogP contribution in [0.25, 0.3) is 21.9 Å². The lowest BCUT2D eigenvalue weighted by Crippen LogP contribution is -2.04. The van der Waals surface area contributed by atoms with Crippen LogP contribution in [0.2, 0.25) is 0 Å². The highest BCUT2D eigenvalue weighted by atomic mass is 32.2. The third-order valence-electron chi connectivity index (χ3n) is 6.35. The van der Waals surface area contributed by atoms with Crippen molar-refractivity contribution in [3.8, 4) is 23.0 Å². The van der Waals surface area contributed by atoms with Gasteiger partial charge in [0.05, 0.1) is 72.7 Å². The molecule has 4 aromatic rings. The van der Waals surface area contributed by atoms with Gasteiger partial charge in [-0.05, 0) is 50.3 Å². The van der Waals surface area contributed by atoms with Gasteiger partial charge < -0.3 is 27.8 Å². The smallest absolute Gasteiger partial charge is 0.180 e. The molecule has 208 valence electrons. The number of furan rings is 2. The molecule has 0 saturated heterocycles. The van der Waals surface area contributed by atoms with Crippen molar-refractivity contribution in [2.24, 2.45) is 0 Å². The van der Waals surface area contributed by atoms with Crippen LogP contribution < -0.4 is 18.9 Å². The quantitative estimate of drug-likeness (QED) is 0.0850. The number of rotatable bonds is 14. The number of carbonyl (C=O) groups is 2. The Balaban J connectivity index is 1.44. The van der Waals surface area contributed by atoms with Gasteiger partial charge >= 0.3 is 0 Å². The van der Waals surface area contributed by atoms with E-state index < -0.39 is 0 Å². The Kier molecular flexibility index (Phi) is 9.40. The second-order valence-electron chi connectivity index (χ2n) is 8.74. The summed E-state index contributed by atoms with van der Waals surface area (Å²) in [6.45, 7) is 3.06. The minimum atomic E-state index is -0.0914. The van der Waals surface area contributed by atoms with Crippen LogP contribution in [-0.4, -0.2) is 51.5 Å². The number of ether oxygens (including phenoxy) is 4. The highest BCUT2D eigenvalue weighted by Gasteiger charge is 2.27. The Morgan fingerprint density at radius 2 is 1.03 bits per heavy atom. The maximum Gasteiger partial charge on any atom is 0.180 e. The standard InChI is InChI=1S/C29H32O8S2/c1-16(30)20-22(32-3)18-10-12-36-24(18)26(34-5)28(20)38-14-8-7-9-15-39-29-21(17(2)31)23(33-4)19-11-13-37-25(19)27(29)35-6/h10-13H,7-9,14-15H2,1-6H3. The maximum atomic E-state index is 12.6. The van der Waals surface area contributed by atoms with E-state index in [1.54, 1.807) is 76.6 Å². The first kappa shape index (κ1) is 28.8. The zero-order valence-electron chi connectivity index (χ0n) is 22.9. The monoisotopic (exact) mass is 572 g/mol. The average Bonchev–Trinajstić information content (AvgIpc) is 3.60. The topological polar surface area (TPSA) is 97.3 Å². The molecule has 4 rings (SSSR count). The molecular formula is C29H32O8S2. The lowest BCUT2D eigenvalue weighted by atomic mass is 10.1. The Hall–Kier alpha value is -3.24. The van der Waals surface area contributed by atoms with Gasteiger partial charge in [-0.2, -0.15) is 0 Å². The molecule has 0 saturated carbocycles. The summed E-state index contributed by atoms with van der Waals surface area (Å²) in [4.78, 5) is 26.6. The summed E-state index contributed by atoms with van der Waals surface area (Å²) in [6, 6.07) is 3.56. The predicted octanol–water partition coefficient (Wildman–Crippen LogP) is 7.67. The molecule has 8 nitrogen and oxygen atoms in total. The van der Waals surface area contributed by atoms with Gasteiger partial charge in [0.2, 0.25) is 0 Å². The van der Waals surface area contributed by atoms with E-state index in [2.05, 4.69) is 0 Å². The minimum Gasteiger partial charge on any atom is -0.495 e. The summed E-state index contributed by atoms with van der Waals surface area (Å²) < 4.78 is 33.9. The van der Waals surface area contributed by atoms with Crippen LogP contribution in [0.5, 0.6) is 23.0 Å². The predicted molar refractivity (Wildman–Crippen MR) is 154 cm³/mol. The Morgan fingerprint density at radius 1 is 0.641 bits per heavy atom. The summed E-state index contributed by atoms with van der Waals surface area (Å²) in [5, 5.41) is 1.43. The van der Waals surface area contributed by atoms with Crippen LogP contribution in [0, 0.1) is 0 Å². The first-order valence-electron chi connectivity index (χ1n) is 12.5. The molecule has 0 aliphatic heterocycles. The molecule has 0 unspecified atom stereocenters. The van der Waals surface area contributed by atoms with Crippen molar-refractivity contribution in [1.29, 1.82) is 0 Å². The molecule has 0 spiro atoms. The number of carbonyl (C=O) groups excluding carboxylic acids is 2. The number of methoxy groups -OCH3 is 4. The summed E-state index contributed by atoms with van der Waals surface area (Å²) in [6.07, 6.45) is 5.92. The van der Waals surface area contributed by atoms with Crippen LogP contribution in [0.4, 0.5) is 0 Å². The van der Waals surface area contributed by atoms with E-state index in [0.29, 0.717) is 56.1 Å². The molecule has 39 heavy (non-hydrogen) atoms. The molecule has 2 aromatic heterocycles. The number of ketones is 2. The van der Waals surface area contributed by atoms with Crippen LogP contribution >= 0.6 is 23.5 Å². The molecule has 0 radical (unpaired) electrons. The zero-order chi connectivity index (χ0) is 28.1. The average molecular weight is 573 g/mol. The second-order valence-corrected chi connectivity index (χ2v) is 10.9. The van der Waals surface area contributed by atoms with Crippen molar-refractivity contribution < 1.29 is 37.4 Å².